The Morgan fingerprint density at radius 1 is 1.04 bits per heavy atom. The van der Waals surface area contributed by atoms with Crippen LogP contribution in [-0.2, 0) is 9.59 Å². The van der Waals surface area contributed by atoms with E-state index in [1.54, 1.807) is 42.5 Å². The first-order valence-electron chi connectivity index (χ1n) is 7.06. The van der Waals surface area contributed by atoms with Gasteiger partial charge in [-0.1, -0.05) is 18.2 Å². The van der Waals surface area contributed by atoms with Crippen LogP contribution in [0.1, 0.15) is 12.5 Å². The van der Waals surface area contributed by atoms with Gasteiger partial charge < -0.3 is 10.6 Å². The molecule has 0 unspecified atom stereocenters. The standard InChI is InChI=1S/C17H15N3O4/c1-12(21)18-14-6-4-7-15(11-14)19-17(22)10-9-13-5-2-3-8-16(13)20(23)24/h2-11H,1H3,(H,18,21)(H,19,22)/b10-9+. The number of nitrogens with zero attached hydrogens (tertiary/aromatic N) is 1. The van der Waals surface area contributed by atoms with Gasteiger partial charge in [0.25, 0.3) is 5.69 Å². The summed E-state index contributed by atoms with van der Waals surface area (Å²) in [5.41, 5.74) is 1.32. The molecule has 0 aliphatic carbocycles. The fourth-order valence-corrected chi connectivity index (χ4v) is 2.02. The average Bonchev–Trinajstić information content (AvgIpc) is 2.53. The monoisotopic (exact) mass is 325 g/mol. The summed E-state index contributed by atoms with van der Waals surface area (Å²) in [6, 6.07) is 12.8. The zero-order valence-electron chi connectivity index (χ0n) is 12.9. The minimum Gasteiger partial charge on any atom is -0.326 e. The summed E-state index contributed by atoms with van der Waals surface area (Å²) in [5, 5.41) is 16.2. The van der Waals surface area contributed by atoms with Gasteiger partial charge in [0.1, 0.15) is 0 Å². The van der Waals surface area contributed by atoms with Crippen molar-refractivity contribution in [2.24, 2.45) is 0 Å². The molecule has 0 aliphatic rings. The second-order valence-corrected chi connectivity index (χ2v) is 4.90. The molecule has 0 fully saturated rings. The van der Waals surface area contributed by atoms with E-state index in [0.29, 0.717) is 16.9 Å². The lowest BCUT2D eigenvalue weighted by molar-refractivity contribution is -0.385. The highest BCUT2D eigenvalue weighted by Gasteiger charge is 2.09. The van der Waals surface area contributed by atoms with Crippen molar-refractivity contribution >= 4 is 35.0 Å². The van der Waals surface area contributed by atoms with Crippen LogP contribution in [0.5, 0.6) is 0 Å². The van der Waals surface area contributed by atoms with E-state index in [9.17, 15) is 19.7 Å². The molecule has 2 amide bonds. The number of nitrogens with one attached hydrogen (secondary N) is 2. The molecule has 7 heteroatoms. The number of hydrogen-bond acceptors (Lipinski definition) is 4. The molecule has 7 nitrogen and oxygen atoms in total. The lowest BCUT2D eigenvalue weighted by Crippen LogP contribution is -2.09. The Morgan fingerprint density at radius 2 is 1.71 bits per heavy atom. The third-order valence-corrected chi connectivity index (χ3v) is 3.00. The molecule has 2 aromatic carbocycles. The number of hydrogen-bond donors (Lipinski definition) is 2. The number of carbonyl (C=O) groups excluding carboxylic acids is 2. The predicted molar refractivity (Wildman–Crippen MR) is 91.5 cm³/mol. The van der Waals surface area contributed by atoms with Crippen LogP contribution in [0.15, 0.2) is 54.6 Å². The Morgan fingerprint density at radius 3 is 2.38 bits per heavy atom. The van der Waals surface area contributed by atoms with Crippen LogP contribution in [0.2, 0.25) is 0 Å². The fraction of sp³-hybridized carbons (Fsp3) is 0.0588. The van der Waals surface area contributed by atoms with Crippen LogP contribution in [0.3, 0.4) is 0 Å². The Bertz CT molecular complexity index is 815. The molecule has 0 saturated carbocycles. The van der Waals surface area contributed by atoms with Crippen LogP contribution in [-0.4, -0.2) is 16.7 Å². The number of benzene rings is 2. The van der Waals surface area contributed by atoms with Gasteiger partial charge in [-0.25, -0.2) is 0 Å². The largest absolute Gasteiger partial charge is 0.326 e. The Balaban J connectivity index is 2.08. The highest BCUT2D eigenvalue weighted by Crippen LogP contribution is 2.19. The Labute approximate surface area is 138 Å². The van der Waals surface area contributed by atoms with Gasteiger partial charge in [0, 0.05) is 30.4 Å². The van der Waals surface area contributed by atoms with Crippen LogP contribution < -0.4 is 10.6 Å². The van der Waals surface area contributed by atoms with Crippen molar-refractivity contribution in [3.05, 3.63) is 70.3 Å². The SMILES string of the molecule is CC(=O)Nc1cccc(NC(=O)/C=C/c2ccccc2[N+](=O)[O-])c1. The summed E-state index contributed by atoms with van der Waals surface area (Å²) in [7, 11) is 0. The number of rotatable bonds is 5. The molecule has 2 rings (SSSR count). The van der Waals surface area contributed by atoms with Crippen LogP contribution in [0, 0.1) is 10.1 Å². The van der Waals surface area contributed by atoms with Crippen LogP contribution >= 0.6 is 0 Å². The maximum absolute atomic E-state index is 11.9. The number of carbonyl (C=O) groups is 2. The highest BCUT2D eigenvalue weighted by molar-refractivity contribution is 6.02. The molecular formula is C17H15N3O4. The second kappa shape index (κ2) is 7.68. The summed E-state index contributed by atoms with van der Waals surface area (Å²) in [6.45, 7) is 1.39. The van der Waals surface area contributed by atoms with Crippen molar-refractivity contribution < 1.29 is 14.5 Å². The number of para-hydroxylation sites is 1. The zero-order valence-corrected chi connectivity index (χ0v) is 12.9. The van der Waals surface area contributed by atoms with Crippen molar-refractivity contribution in [2.75, 3.05) is 10.6 Å². The van der Waals surface area contributed by atoms with Gasteiger partial charge in [-0.2, -0.15) is 0 Å². The van der Waals surface area contributed by atoms with Gasteiger partial charge in [-0.05, 0) is 30.3 Å². The minimum atomic E-state index is -0.505. The summed E-state index contributed by atoms with van der Waals surface area (Å²) >= 11 is 0. The van der Waals surface area contributed by atoms with Gasteiger partial charge >= 0.3 is 0 Å². The van der Waals surface area contributed by atoms with E-state index in [2.05, 4.69) is 10.6 Å². The van der Waals surface area contributed by atoms with Gasteiger partial charge in [0.05, 0.1) is 10.5 Å². The Hall–Kier alpha value is -3.48. The van der Waals surface area contributed by atoms with Gasteiger partial charge in [-0.3, -0.25) is 19.7 Å². The van der Waals surface area contributed by atoms with E-state index in [1.807, 2.05) is 0 Å². The first-order valence-corrected chi connectivity index (χ1v) is 7.06. The molecule has 0 bridgehead atoms. The summed E-state index contributed by atoms with van der Waals surface area (Å²) < 4.78 is 0. The lowest BCUT2D eigenvalue weighted by Gasteiger charge is -2.06. The molecule has 2 aromatic rings. The molecule has 0 aromatic heterocycles. The summed E-state index contributed by atoms with van der Waals surface area (Å²) in [5.74, 6) is -0.650. The molecule has 0 radical (unpaired) electrons. The molecule has 122 valence electrons. The normalized spacial score (nSPS) is 10.4. The van der Waals surface area contributed by atoms with E-state index in [-0.39, 0.29) is 11.6 Å². The molecule has 0 atom stereocenters. The number of nitro groups is 1. The summed E-state index contributed by atoms with van der Waals surface area (Å²) in [4.78, 5) is 33.4. The van der Waals surface area contributed by atoms with Crippen molar-refractivity contribution in [2.45, 2.75) is 6.92 Å². The fourth-order valence-electron chi connectivity index (χ4n) is 2.02. The second-order valence-electron chi connectivity index (χ2n) is 4.90. The first kappa shape index (κ1) is 16.9. The van der Waals surface area contributed by atoms with Gasteiger partial charge in [0.2, 0.25) is 11.8 Å². The van der Waals surface area contributed by atoms with Crippen molar-refractivity contribution in [1.29, 1.82) is 0 Å². The predicted octanol–water partition coefficient (Wildman–Crippen LogP) is 3.21. The molecule has 0 saturated heterocycles. The maximum atomic E-state index is 11.9. The quantitative estimate of drug-likeness (QED) is 0.500. The molecule has 24 heavy (non-hydrogen) atoms. The van der Waals surface area contributed by atoms with Gasteiger partial charge in [-0.15, -0.1) is 0 Å². The molecule has 0 spiro atoms. The molecule has 0 heterocycles. The number of nitro benzene ring substituents is 1. The first-order chi connectivity index (χ1) is 11.5. The molecule has 0 aliphatic heterocycles. The Kier molecular flexibility index (Phi) is 5.40. The van der Waals surface area contributed by atoms with E-state index in [0.717, 1.165) is 0 Å². The third-order valence-electron chi connectivity index (χ3n) is 3.00. The number of amides is 2. The van der Waals surface area contributed by atoms with Crippen molar-refractivity contribution in [3.8, 4) is 0 Å². The van der Waals surface area contributed by atoms with Crippen molar-refractivity contribution in [1.82, 2.24) is 0 Å². The van der Waals surface area contributed by atoms with Crippen molar-refractivity contribution in [3.63, 3.8) is 0 Å². The van der Waals surface area contributed by atoms with Gasteiger partial charge in [0.15, 0.2) is 0 Å². The van der Waals surface area contributed by atoms with Crippen LogP contribution in [0.4, 0.5) is 17.1 Å². The van der Waals surface area contributed by atoms with E-state index in [1.165, 1.54) is 25.1 Å². The zero-order chi connectivity index (χ0) is 17.5. The highest BCUT2D eigenvalue weighted by atomic mass is 16.6. The van der Waals surface area contributed by atoms with E-state index in [4.69, 9.17) is 0 Å². The minimum absolute atomic E-state index is 0.0748. The molecular weight excluding hydrogens is 310 g/mol. The molecule has 2 N–H and O–H groups in total. The lowest BCUT2D eigenvalue weighted by atomic mass is 10.1. The topological polar surface area (TPSA) is 101 Å². The maximum Gasteiger partial charge on any atom is 0.276 e. The smallest absolute Gasteiger partial charge is 0.276 e. The number of anilines is 2. The van der Waals surface area contributed by atoms with E-state index >= 15 is 0 Å². The summed E-state index contributed by atoms with van der Waals surface area (Å²) in [6.07, 6.45) is 2.60. The van der Waals surface area contributed by atoms with Crippen LogP contribution in [0.25, 0.3) is 6.08 Å². The third kappa shape index (κ3) is 4.77. The average molecular weight is 325 g/mol. The van der Waals surface area contributed by atoms with E-state index < -0.39 is 10.8 Å².